The van der Waals surface area contributed by atoms with Gasteiger partial charge in [0.1, 0.15) is 12.6 Å². The molecule has 7 nitrogen and oxygen atoms in total. The predicted molar refractivity (Wildman–Crippen MR) is 167 cm³/mol. The van der Waals surface area contributed by atoms with Crippen molar-refractivity contribution in [3.8, 4) is 0 Å². The van der Waals surface area contributed by atoms with Gasteiger partial charge in [0.15, 0.2) is 0 Å². The van der Waals surface area contributed by atoms with E-state index >= 15 is 0 Å². The molecule has 2 amide bonds. The number of likely N-dealkylation sites (N-methyl/N-ethyl adjacent to an activating group) is 1. The quantitative estimate of drug-likeness (QED) is 0.226. The molecule has 0 unspecified atom stereocenters. The number of aryl methyl sites for hydroxylation is 1. The molecule has 4 rings (SSSR count). The first-order valence-corrected chi connectivity index (χ1v) is 15.4. The highest BCUT2D eigenvalue weighted by Gasteiger charge is 2.34. The van der Waals surface area contributed by atoms with Gasteiger partial charge >= 0.3 is 0 Å². The fourth-order valence-electron chi connectivity index (χ4n) is 4.54. The Hall–Kier alpha value is -3.85. The monoisotopic (exact) mass is 623 g/mol. The van der Waals surface area contributed by atoms with Crippen molar-refractivity contribution in [2.45, 2.75) is 30.8 Å². The number of benzene rings is 4. The van der Waals surface area contributed by atoms with Gasteiger partial charge in [0.25, 0.3) is 10.0 Å². The van der Waals surface area contributed by atoms with Gasteiger partial charge < -0.3 is 10.2 Å². The molecular weight excluding hydrogens is 593 g/mol. The lowest BCUT2D eigenvalue weighted by Gasteiger charge is -2.33. The molecule has 0 aliphatic carbocycles. The van der Waals surface area contributed by atoms with Gasteiger partial charge in [-0.15, -0.1) is 0 Å². The summed E-state index contributed by atoms with van der Waals surface area (Å²) >= 11 is 12.6. The molecule has 1 atom stereocenters. The van der Waals surface area contributed by atoms with Crippen molar-refractivity contribution < 1.29 is 18.0 Å². The lowest BCUT2D eigenvalue weighted by atomic mass is 10.0. The van der Waals surface area contributed by atoms with Crippen LogP contribution < -0.4 is 9.62 Å². The highest BCUT2D eigenvalue weighted by Crippen LogP contribution is 2.29. The molecule has 0 heterocycles. The molecular formula is C32H31Cl2N3O4S. The summed E-state index contributed by atoms with van der Waals surface area (Å²) in [5.41, 5.74) is 2.52. The van der Waals surface area contributed by atoms with Crippen LogP contribution in [0.15, 0.2) is 108 Å². The van der Waals surface area contributed by atoms with E-state index < -0.39 is 28.5 Å². The summed E-state index contributed by atoms with van der Waals surface area (Å²) in [5, 5.41) is 3.50. The molecule has 0 saturated carbocycles. The van der Waals surface area contributed by atoms with Crippen LogP contribution in [0.5, 0.6) is 0 Å². The van der Waals surface area contributed by atoms with Crippen LogP contribution in [-0.2, 0) is 32.6 Å². The molecule has 0 saturated heterocycles. The summed E-state index contributed by atoms with van der Waals surface area (Å²) in [6.07, 6.45) is 0.217. The Kier molecular flexibility index (Phi) is 10.3. The van der Waals surface area contributed by atoms with Crippen LogP contribution in [0.3, 0.4) is 0 Å². The van der Waals surface area contributed by atoms with Crippen LogP contribution >= 0.6 is 23.2 Å². The van der Waals surface area contributed by atoms with Gasteiger partial charge in [-0.1, -0.05) is 89.9 Å². The summed E-state index contributed by atoms with van der Waals surface area (Å²) in [7, 11) is -2.69. The molecule has 0 bridgehead atoms. The molecule has 4 aromatic rings. The third-order valence-corrected chi connectivity index (χ3v) is 9.24. The smallest absolute Gasteiger partial charge is 0.264 e. The first-order chi connectivity index (χ1) is 20.1. The maximum absolute atomic E-state index is 14.3. The zero-order chi connectivity index (χ0) is 30.3. The Labute approximate surface area is 256 Å². The number of anilines is 1. The molecule has 0 spiro atoms. The van der Waals surface area contributed by atoms with E-state index in [2.05, 4.69) is 5.32 Å². The second kappa shape index (κ2) is 13.9. The van der Waals surface area contributed by atoms with Crippen molar-refractivity contribution in [1.82, 2.24) is 10.2 Å². The van der Waals surface area contributed by atoms with Crippen LogP contribution in [0.4, 0.5) is 5.69 Å². The lowest BCUT2D eigenvalue weighted by molar-refractivity contribution is -0.139. The average Bonchev–Trinajstić information content (AvgIpc) is 2.99. The summed E-state index contributed by atoms with van der Waals surface area (Å²) in [6.45, 7) is 1.26. The van der Waals surface area contributed by atoms with Gasteiger partial charge in [0.2, 0.25) is 11.8 Å². The minimum absolute atomic E-state index is 0.0167. The van der Waals surface area contributed by atoms with E-state index in [1.807, 2.05) is 30.3 Å². The Morgan fingerprint density at radius 2 is 1.48 bits per heavy atom. The highest BCUT2D eigenvalue weighted by atomic mass is 35.5. The lowest BCUT2D eigenvalue weighted by Crippen LogP contribution is -2.53. The maximum Gasteiger partial charge on any atom is 0.264 e. The molecule has 0 aliphatic rings. The van der Waals surface area contributed by atoms with Gasteiger partial charge in [-0.3, -0.25) is 13.9 Å². The fraction of sp³-hybridized carbons (Fsp3) is 0.188. The number of amides is 2. The summed E-state index contributed by atoms with van der Waals surface area (Å²) in [5.74, 6) is -0.958. The van der Waals surface area contributed by atoms with Gasteiger partial charge in [-0.25, -0.2) is 8.42 Å². The molecule has 10 heteroatoms. The number of carbonyl (C=O) groups is 2. The Bertz CT molecular complexity index is 1650. The zero-order valence-electron chi connectivity index (χ0n) is 23.2. The number of rotatable bonds is 11. The van der Waals surface area contributed by atoms with Crippen molar-refractivity contribution in [1.29, 1.82) is 0 Å². The summed E-state index contributed by atoms with van der Waals surface area (Å²) in [4.78, 5) is 29.0. The van der Waals surface area contributed by atoms with Gasteiger partial charge in [-0.05, 0) is 60.0 Å². The molecule has 0 fully saturated rings. The van der Waals surface area contributed by atoms with E-state index in [0.29, 0.717) is 15.6 Å². The van der Waals surface area contributed by atoms with Crippen molar-refractivity contribution in [3.05, 3.63) is 130 Å². The molecule has 1 N–H and O–H groups in total. The Morgan fingerprint density at radius 1 is 0.833 bits per heavy atom. The van der Waals surface area contributed by atoms with Gasteiger partial charge in [0.05, 0.1) is 10.6 Å². The standard InChI is InChI=1S/C32H31Cl2N3O4S/c1-23-16-17-27(20-29(23)34)37(42(40,41)28-14-7-4-8-15-28)22-31(38)36(21-25-12-9-13-26(33)18-25)30(32(39)35-2)19-24-10-5-3-6-11-24/h3-18,20,30H,19,21-22H2,1-2H3,(H,35,39)/t30-/m0/s1. The van der Waals surface area contributed by atoms with Crippen LogP contribution in [0.1, 0.15) is 16.7 Å². The van der Waals surface area contributed by atoms with Crippen molar-refractivity contribution in [2.24, 2.45) is 0 Å². The van der Waals surface area contributed by atoms with Crippen LogP contribution in [0.2, 0.25) is 10.0 Å². The third kappa shape index (κ3) is 7.50. The number of halogens is 2. The third-order valence-electron chi connectivity index (χ3n) is 6.81. The number of carbonyl (C=O) groups excluding carboxylic acids is 2. The van der Waals surface area contributed by atoms with Crippen molar-refractivity contribution in [3.63, 3.8) is 0 Å². The first kappa shape index (κ1) is 31.1. The number of hydrogen-bond donors (Lipinski definition) is 1. The minimum atomic E-state index is -4.20. The van der Waals surface area contributed by atoms with Crippen molar-refractivity contribution in [2.75, 3.05) is 17.9 Å². The first-order valence-electron chi connectivity index (χ1n) is 13.2. The fourth-order valence-corrected chi connectivity index (χ4v) is 6.35. The van der Waals surface area contributed by atoms with E-state index in [1.165, 1.54) is 30.1 Å². The van der Waals surface area contributed by atoms with E-state index in [9.17, 15) is 18.0 Å². The summed E-state index contributed by atoms with van der Waals surface area (Å²) < 4.78 is 28.9. The van der Waals surface area contributed by atoms with Crippen LogP contribution in [-0.4, -0.2) is 44.8 Å². The number of nitrogens with one attached hydrogen (secondary N) is 1. The van der Waals surface area contributed by atoms with E-state index in [4.69, 9.17) is 23.2 Å². The Balaban J connectivity index is 1.80. The topological polar surface area (TPSA) is 86.8 Å². The molecule has 4 aromatic carbocycles. The zero-order valence-corrected chi connectivity index (χ0v) is 25.5. The number of hydrogen-bond acceptors (Lipinski definition) is 4. The highest BCUT2D eigenvalue weighted by molar-refractivity contribution is 7.92. The predicted octanol–water partition coefficient (Wildman–Crippen LogP) is 5.88. The Morgan fingerprint density at radius 3 is 2.10 bits per heavy atom. The minimum Gasteiger partial charge on any atom is -0.357 e. The second-order valence-corrected chi connectivity index (χ2v) is 12.4. The maximum atomic E-state index is 14.3. The summed E-state index contributed by atoms with van der Waals surface area (Å²) in [6, 6.07) is 28.1. The number of nitrogens with zero attached hydrogens (tertiary/aromatic N) is 2. The normalized spacial score (nSPS) is 11.9. The van der Waals surface area contributed by atoms with Gasteiger partial charge in [0, 0.05) is 30.1 Å². The van der Waals surface area contributed by atoms with E-state index in [0.717, 1.165) is 15.4 Å². The number of sulfonamides is 1. The molecule has 42 heavy (non-hydrogen) atoms. The van der Waals surface area contributed by atoms with Crippen molar-refractivity contribution >= 4 is 50.7 Å². The molecule has 218 valence electrons. The molecule has 0 aromatic heterocycles. The molecule has 0 aliphatic heterocycles. The van der Waals surface area contributed by atoms with Gasteiger partial charge in [-0.2, -0.15) is 0 Å². The SMILES string of the molecule is CNC(=O)[C@H](Cc1ccccc1)N(Cc1cccc(Cl)c1)C(=O)CN(c1ccc(C)c(Cl)c1)S(=O)(=O)c1ccccc1. The van der Waals surface area contributed by atoms with Crippen LogP contribution in [0, 0.1) is 6.92 Å². The van der Waals surface area contributed by atoms with E-state index in [-0.39, 0.29) is 29.5 Å². The average molecular weight is 625 g/mol. The van der Waals surface area contributed by atoms with Crippen LogP contribution in [0.25, 0.3) is 0 Å². The largest absolute Gasteiger partial charge is 0.357 e. The molecule has 0 radical (unpaired) electrons. The second-order valence-electron chi connectivity index (χ2n) is 9.73. The van der Waals surface area contributed by atoms with E-state index in [1.54, 1.807) is 61.5 Å².